The summed E-state index contributed by atoms with van der Waals surface area (Å²) in [6, 6.07) is 19.0. The molecular formula is C25H19F3N2O3. The fraction of sp³-hybridized carbons (Fsp3) is 0.120. The zero-order chi connectivity index (χ0) is 23.8. The fourth-order valence-electron chi connectivity index (χ4n) is 3.66. The first-order valence-corrected chi connectivity index (χ1v) is 10.0. The van der Waals surface area contributed by atoms with Crippen molar-refractivity contribution in [1.82, 2.24) is 0 Å². The van der Waals surface area contributed by atoms with E-state index in [-0.39, 0.29) is 17.0 Å². The van der Waals surface area contributed by atoms with E-state index < -0.39 is 23.9 Å². The molecule has 0 unspecified atom stereocenters. The SMILES string of the molecule is Cc1ccc(NC2=C(c3ccccc3)C(=O)N(c3cccc(OC(F)(F)F)c3)C2=O)c(C)c1. The Kier molecular flexibility index (Phi) is 5.68. The Hall–Kier alpha value is -4.07. The van der Waals surface area contributed by atoms with Crippen LogP contribution < -0.4 is 15.0 Å². The van der Waals surface area contributed by atoms with Crippen LogP contribution in [0.3, 0.4) is 0 Å². The van der Waals surface area contributed by atoms with Gasteiger partial charge in [0.2, 0.25) is 0 Å². The highest BCUT2D eigenvalue weighted by atomic mass is 19.4. The molecule has 2 amide bonds. The van der Waals surface area contributed by atoms with Gasteiger partial charge in [-0.3, -0.25) is 9.59 Å². The number of carbonyl (C=O) groups excluding carboxylic acids is 2. The number of ether oxygens (including phenoxy) is 1. The lowest BCUT2D eigenvalue weighted by atomic mass is 10.0. The fourth-order valence-corrected chi connectivity index (χ4v) is 3.66. The number of carbonyl (C=O) groups is 2. The lowest BCUT2D eigenvalue weighted by Gasteiger charge is -2.17. The zero-order valence-electron chi connectivity index (χ0n) is 17.7. The van der Waals surface area contributed by atoms with E-state index in [1.165, 1.54) is 12.1 Å². The Balaban J connectivity index is 1.78. The molecule has 3 aromatic carbocycles. The van der Waals surface area contributed by atoms with E-state index in [4.69, 9.17) is 0 Å². The maximum absolute atomic E-state index is 13.4. The standard InChI is InChI=1S/C25H19F3N2O3/c1-15-11-12-20(16(2)13-15)29-22-21(17-7-4-3-5-8-17)23(31)30(24(22)32)18-9-6-10-19(14-18)33-25(26,27)28/h3-14,29H,1-2H3. The number of imide groups is 1. The second kappa shape index (κ2) is 8.46. The summed E-state index contributed by atoms with van der Waals surface area (Å²) in [5, 5.41) is 3.07. The van der Waals surface area contributed by atoms with Crippen LogP contribution in [0.1, 0.15) is 16.7 Å². The van der Waals surface area contributed by atoms with Crippen LogP contribution in [0, 0.1) is 13.8 Å². The molecule has 8 heteroatoms. The smallest absolute Gasteiger partial charge is 0.406 e. The Morgan fingerprint density at radius 2 is 1.58 bits per heavy atom. The van der Waals surface area contributed by atoms with Crippen molar-refractivity contribution in [3.63, 3.8) is 0 Å². The molecule has 3 aromatic rings. The first-order valence-electron chi connectivity index (χ1n) is 10.0. The van der Waals surface area contributed by atoms with Crippen molar-refractivity contribution >= 4 is 28.8 Å². The quantitative estimate of drug-likeness (QED) is 0.512. The third-order valence-corrected chi connectivity index (χ3v) is 5.10. The molecule has 0 saturated heterocycles. The Bertz CT molecular complexity index is 1270. The Labute approximate surface area is 188 Å². The summed E-state index contributed by atoms with van der Waals surface area (Å²) < 4.78 is 42.0. The monoisotopic (exact) mass is 452 g/mol. The number of alkyl halides is 3. The lowest BCUT2D eigenvalue weighted by molar-refractivity contribution is -0.274. The summed E-state index contributed by atoms with van der Waals surface area (Å²) in [4.78, 5) is 27.6. The number of aryl methyl sites for hydroxylation is 2. The van der Waals surface area contributed by atoms with E-state index in [1.54, 1.807) is 36.4 Å². The molecule has 1 N–H and O–H groups in total. The molecule has 0 radical (unpaired) electrons. The van der Waals surface area contributed by atoms with Gasteiger partial charge in [-0.05, 0) is 43.2 Å². The number of nitrogens with one attached hydrogen (secondary N) is 1. The largest absolute Gasteiger partial charge is 0.573 e. The van der Waals surface area contributed by atoms with E-state index in [0.717, 1.165) is 28.2 Å². The minimum Gasteiger partial charge on any atom is -0.406 e. The van der Waals surface area contributed by atoms with Crippen LogP contribution in [0.2, 0.25) is 0 Å². The minimum atomic E-state index is -4.90. The summed E-state index contributed by atoms with van der Waals surface area (Å²) in [5.41, 5.74) is 3.19. The highest BCUT2D eigenvalue weighted by molar-refractivity contribution is 6.46. The van der Waals surface area contributed by atoms with Gasteiger partial charge in [0.1, 0.15) is 11.4 Å². The molecule has 0 aliphatic carbocycles. The van der Waals surface area contributed by atoms with Crippen LogP contribution in [0.5, 0.6) is 5.75 Å². The topological polar surface area (TPSA) is 58.6 Å². The first kappa shape index (κ1) is 22.1. The highest BCUT2D eigenvalue weighted by Crippen LogP contribution is 2.36. The van der Waals surface area contributed by atoms with Gasteiger partial charge < -0.3 is 10.1 Å². The normalized spacial score (nSPS) is 14.2. The summed E-state index contributed by atoms with van der Waals surface area (Å²) in [7, 11) is 0. The molecule has 33 heavy (non-hydrogen) atoms. The van der Waals surface area contributed by atoms with Gasteiger partial charge in [0, 0.05) is 11.8 Å². The van der Waals surface area contributed by atoms with E-state index in [1.807, 2.05) is 26.0 Å². The highest BCUT2D eigenvalue weighted by Gasteiger charge is 2.41. The summed E-state index contributed by atoms with van der Waals surface area (Å²) in [5.74, 6) is -1.86. The van der Waals surface area contributed by atoms with Crippen LogP contribution >= 0.6 is 0 Å². The van der Waals surface area contributed by atoms with Gasteiger partial charge in [-0.25, -0.2) is 4.90 Å². The van der Waals surface area contributed by atoms with Gasteiger partial charge in [-0.2, -0.15) is 0 Å². The third-order valence-electron chi connectivity index (χ3n) is 5.10. The van der Waals surface area contributed by atoms with Crippen LogP contribution in [0.4, 0.5) is 24.5 Å². The van der Waals surface area contributed by atoms with Crippen LogP contribution in [-0.2, 0) is 9.59 Å². The van der Waals surface area contributed by atoms with E-state index >= 15 is 0 Å². The third kappa shape index (κ3) is 4.59. The minimum absolute atomic E-state index is 0.0300. The van der Waals surface area contributed by atoms with Crippen molar-refractivity contribution in [3.8, 4) is 5.75 Å². The number of hydrogen-bond donors (Lipinski definition) is 1. The van der Waals surface area contributed by atoms with E-state index in [2.05, 4.69) is 10.1 Å². The van der Waals surface area contributed by atoms with Gasteiger partial charge >= 0.3 is 6.36 Å². The molecule has 5 nitrogen and oxygen atoms in total. The first-order chi connectivity index (χ1) is 15.6. The van der Waals surface area contributed by atoms with Crippen molar-refractivity contribution in [2.45, 2.75) is 20.2 Å². The van der Waals surface area contributed by atoms with Crippen molar-refractivity contribution in [1.29, 1.82) is 0 Å². The number of benzene rings is 3. The molecule has 0 atom stereocenters. The molecule has 0 saturated carbocycles. The summed E-state index contributed by atoms with van der Waals surface area (Å²) >= 11 is 0. The predicted molar refractivity (Wildman–Crippen MR) is 119 cm³/mol. The molecule has 1 aliphatic rings. The Morgan fingerprint density at radius 3 is 2.24 bits per heavy atom. The zero-order valence-corrected chi connectivity index (χ0v) is 17.7. The van der Waals surface area contributed by atoms with Crippen molar-refractivity contribution < 1.29 is 27.5 Å². The van der Waals surface area contributed by atoms with Crippen LogP contribution in [0.15, 0.2) is 78.5 Å². The lowest BCUT2D eigenvalue weighted by Crippen LogP contribution is -2.32. The second-order valence-corrected chi connectivity index (χ2v) is 7.55. The number of amides is 2. The molecular weight excluding hydrogens is 433 g/mol. The van der Waals surface area contributed by atoms with Gasteiger partial charge in [0.05, 0.1) is 11.3 Å². The number of anilines is 2. The molecule has 0 aromatic heterocycles. The number of halogens is 3. The van der Waals surface area contributed by atoms with Crippen LogP contribution in [0.25, 0.3) is 5.57 Å². The number of nitrogens with zero attached hydrogens (tertiary/aromatic N) is 1. The molecule has 1 aliphatic heterocycles. The molecule has 0 spiro atoms. The van der Waals surface area contributed by atoms with Crippen LogP contribution in [-0.4, -0.2) is 18.2 Å². The second-order valence-electron chi connectivity index (χ2n) is 7.55. The van der Waals surface area contributed by atoms with Crippen molar-refractivity contribution in [2.24, 2.45) is 0 Å². The van der Waals surface area contributed by atoms with E-state index in [9.17, 15) is 22.8 Å². The van der Waals surface area contributed by atoms with Crippen molar-refractivity contribution in [2.75, 3.05) is 10.2 Å². The van der Waals surface area contributed by atoms with Gasteiger partial charge in [-0.1, -0.05) is 54.1 Å². The molecule has 1 heterocycles. The molecule has 4 rings (SSSR count). The maximum Gasteiger partial charge on any atom is 0.573 e. The average molecular weight is 452 g/mol. The summed E-state index contributed by atoms with van der Waals surface area (Å²) in [6.45, 7) is 3.81. The molecule has 0 fully saturated rings. The molecule has 0 bridgehead atoms. The molecule has 168 valence electrons. The van der Waals surface area contributed by atoms with Gasteiger partial charge in [-0.15, -0.1) is 13.2 Å². The average Bonchev–Trinajstić information content (AvgIpc) is 2.99. The predicted octanol–water partition coefficient (Wildman–Crippen LogP) is 5.60. The maximum atomic E-state index is 13.4. The van der Waals surface area contributed by atoms with Gasteiger partial charge in [0.15, 0.2) is 0 Å². The van der Waals surface area contributed by atoms with Crippen molar-refractivity contribution in [3.05, 3.63) is 95.2 Å². The number of hydrogen-bond acceptors (Lipinski definition) is 4. The summed E-state index contributed by atoms with van der Waals surface area (Å²) in [6.07, 6.45) is -4.90. The van der Waals surface area contributed by atoms with Gasteiger partial charge in [0.25, 0.3) is 11.8 Å². The number of rotatable bonds is 5. The van der Waals surface area contributed by atoms with E-state index in [0.29, 0.717) is 11.3 Å². The Morgan fingerprint density at radius 1 is 0.848 bits per heavy atom.